The van der Waals surface area contributed by atoms with E-state index in [1.165, 1.54) is 0 Å². The molecule has 0 saturated carbocycles. The summed E-state index contributed by atoms with van der Waals surface area (Å²) in [7, 11) is 0. The molecule has 1 unspecified atom stereocenters. The molecule has 88 valence electrons. The molecular formula is C12H18N2O2. The van der Waals surface area contributed by atoms with E-state index in [0.29, 0.717) is 12.2 Å². The molecule has 0 spiro atoms. The molecule has 1 aromatic heterocycles. The fourth-order valence-corrected chi connectivity index (χ4v) is 2.13. The Morgan fingerprint density at radius 3 is 3.25 bits per heavy atom. The van der Waals surface area contributed by atoms with Crippen LogP contribution in [0.25, 0.3) is 0 Å². The van der Waals surface area contributed by atoms with E-state index in [-0.39, 0.29) is 12.0 Å². The summed E-state index contributed by atoms with van der Waals surface area (Å²) in [5.41, 5.74) is 0.664. The number of likely N-dealkylation sites (tertiary alicyclic amines) is 1. The van der Waals surface area contributed by atoms with Crippen molar-refractivity contribution in [2.75, 3.05) is 19.7 Å². The zero-order valence-electron chi connectivity index (χ0n) is 9.61. The molecule has 0 aromatic carbocycles. The number of ether oxygens (including phenoxy) is 1. The van der Waals surface area contributed by atoms with Gasteiger partial charge in [-0.2, -0.15) is 0 Å². The van der Waals surface area contributed by atoms with Crippen LogP contribution in [-0.4, -0.2) is 41.6 Å². The first-order chi connectivity index (χ1) is 7.81. The number of aromatic nitrogens is 1. The van der Waals surface area contributed by atoms with E-state index >= 15 is 0 Å². The van der Waals surface area contributed by atoms with Crippen LogP contribution in [0, 0.1) is 0 Å². The van der Waals surface area contributed by atoms with Crippen LogP contribution < -0.4 is 0 Å². The summed E-state index contributed by atoms with van der Waals surface area (Å²) >= 11 is 0. The van der Waals surface area contributed by atoms with Gasteiger partial charge in [0.1, 0.15) is 5.69 Å². The first-order valence-corrected chi connectivity index (χ1v) is 5.85. The average Bonchev–Trinajstić information content (AvgIpc) is 2.82. The van der Waals surface area contributed by atoms with E-state index in [2.05, 4.69) is 4.98 Å². The van der Waals surface area contributed by atoms with Crippen molar-refractivity contribution in [1.82, 2.24) is 9.88 Å². The van der Waals surface area contributed by atoms with Crippen LogP contribution in [-0.2, 0) is 4.74 Å². The minimum Gasteiger partial charge on any atom is -0.377 e. The number of piperidine rings is 1. The van der Waals surface area contributed by atoms with E-state index in [0.717, 1.165) is 26.0 Å². The number of carbonyl (C=O) groups is 1. The molecule has 1 aliphatic heterocycles. The molecule has 0 bridgehead atoms. The normalized spacial score (nSPS) is 21.1. The fraction of sp³-hybridized carbons (Fsp3) is 0.583. The zero-order chi connectivity index (χ0) is 11.4. The van der Waals surface area contributed by atoms with Gasteiger partial charge in [0.15, 0.2) is 0 Å². The number of nitrogens with one attached hydrogen (secondary N) is 1. The lowest BCUT2D eigenvalue weighted by atomic mass is 10.1. The molecule has 1 atom stereocenters. The molecule has 1 amide bonds. The first-order valence-electron chi connectivity index (χ1n) is 5.85. The van der Waals surface area contributed by atoms with Gasteiger partial charge in [-0.15, -0.1) is 0 Å². The molecular weight excluding hydrogens is 204 g/mol. The highest BCUT2D eigenvalue weighted by Gasteiger charge is 2.24. The number of carbonyl (C=O) groups excluding carboxylic acids is 1. The topological polar surface area (TPSA) is 45.3 Å². The van der Waals surface area contributed by atoms with E-state index in [1.807, 2.05) is 24.0 Å². The Morgan fingerprint density at radius 2 is 2.56 bits per heavy atom. The molecule has 1 saturated heterocycles. The molecule has 16 heavy (non-hydrogen) atoms. The lowest BCUT2D eigenvalue weighted by molar-refractivity contribution is 0.00706. The minimum atomic E-state index is 0.0782. The second-order valence-electron chi connectivity index (χ2n) is 4.05. The molecule has 2 heterocycles. The summed E-state index contributed by atoms with van der Waals surface area (Å²) in [4.78, 5) is 16.9. The molecule has 0 radical (unpaired) electrons. The Labute approximate surface area is 95.6 Å². The number of hydrogen-bond donors (Lipinski definition) is 1. The summed E-state index contributed by atoms with van der Waals surface area (Å²) in [6, 6.07) is 3.66. The quantitative estimate of drug-likeness (QED) is 0.845. The fourth-order valence-electron chi connectivity index (χ4n) is 2.13. The van der Waals surface area contributed by atoms with E-state index in [4.69, 9.17) is 4.74 Å². The van der Waals surface area contributed by atoms with Crippen LogP contribution >= 0.6 is 0 Å². The van der Waals surface area contributed by atoms with Crippen LogP contribution in [0.1, 0.15) is 30.3 Å². The Balaban J connectivity index is 1.96. The second kappa shape index (κ2) is 5.16. The van der Waals surface area contributed by atoms with Gasteiger partial charge in [0, 0.05) is 25.9 Å². The molecule has 4 nitrogen and oxygen atoms in total. The summed E-state index contributed by atoms with van der Waals surface area (Å²) in [6.07, 6.45) is 4.06. The van der Waals surface area contributed by atoms with Gasteiger partial charge in [0.05, 0.1) is 6.10 Å². The molecule has 0 aliphatic carbocycles. The van der Waals surface area contributed by atoms with Gasteiger partial charge in [0.25, 0.3) is 5.91 Å². The number of rotatable bonds is 3. The highest BCUT2D eigenvalue weighted by atomic mass is 16.5. The Morgan fingerprint density at radius 1 is 1.69 bits per heavy atom. The second-order valence-corrected chi connectivity index (χ2v) is 4.05. The van der Waals surface area contributed by atoms with Gasteiger partial charge in [-0.05, 0) is 31.9 Å². The van der Waals surface area contributed by atoms with Crippen LogP contribution in [0.4, 0.5) is 0 Å². The molecule has 4 heteroatoms. The molecule has 1 aromatic rings. The average molecular weight is 222 g/mol. The molecule has 1 N–H and O–H groups in total. The summed E-state index contributed by atoms with van der Waals surface area (Å²) in [5, 5.41) is 0. The maximum atomic E-state index is 12.0. The highest BCUT2D eigenvalue weighted by Crippen LogP contribution is 2.15. The van der Waals surface area contributed by atoms with Crippen LogP contribution in [0.3, 0.4) is 0 Å². The third-order valence-corrected chi connectivity index (χ3v) is 2.90. The number of hydrogen-bond acceptors (Lipinski definition) is 2. The summed E-state index contributed by atoms with van der Waals surface area (Å²) < 4.78 is 5.58. The van der Waals surface area contributed by atoms with Gasteiger partial charge in [-0.25, -0.2) is 0 Å². The van der Waals surface area contributed by atoms with Crippen molar-refractivity contribution >= 4 is 5.91 Å². The van der Waals surface area contributed by atoms with Gasteiger partial charge in [-0.1, -0.05) is 0 Å². The van der Waals surface area contributed by atoms with E-state index in [9.17, 15) is 4.79 Å². The van der Waals surface area contributed by atoms with Crippen LogP contribution in [0.5, 0.6) is 0 Å². The standard InChI is InChI=1S/C12H18N2O2/c1-2-16-10-5-4-8-14(9-10)12(15)11-6-3-7-13-11/h3,6-7,10,13H,2,4-5,8-9H2,1H3. The maximum absolute atomic E-state index is 12.0. The predicted octanol–water partition coefficient (Wildman–Crippen LogP) is 1.66. The largest absolute Gasteiger partial charge is 0.377 e. The smallest absolute Gasteiger partial charge is 0.270 e. The molecule has 1 aliphatic rings. The van der Waals surface area contributed by atoms with Crippen molar-refractivity contribution < 1.29 is 9.53 Å². The Bertz CT molecular complexity index is 333. The molecule has 1 fully saturated rings. The summed E-state index contributed by atoms with van der Waals surface area (Å²) in [5.74, 6) is 0.0782. The first kappa shape index (κ1) is 11.2. The number of amides is 1. The lowest BCUT2D eigenvalue weighted by Gasteiger charge is -2.32. The van der Waals surface area contributed by atoms with E-state index in [1.54, 1.807) is 6.20 Å². The number of H-pyrrole nitrogens is 1. The third kappa shape index (κ3) is 2.44. The van der Waals surface area contributed by atoms with Crippen molar-refractivity contribution in [1.29, 1.82) is 0 Å². The van der Waals surface area contributed by atoms with Gasteiger partial charge < -0.3 is 14.6 Å². The van der Waals surface area contributed by atoms with Crippen molar-refractivity contribution in [2.24, 2.45) is 0 Å². The van der Waals surface area contributed by atoms with Crippen molar-refractivity contribution in [2.45, 2.75) is 25.9 Å². The third-order valence-electron chi connectivity index (χ3n) is 2.90. The SMILES string of the molecule is CCOC1CCCN(C(=O)c2ccc[nH]2)C1. The van der Waals surface area contributed by atoms with E-state index < -0.39 is 0 Å². The van der Waals surface area contributed by atoms with Crippen LogP contribution in [0.15, 0.2) is 18.3 Å². The number of aromatic amines is 1. The predicted molar refractivity (Wildman–Crippen MR) is 61.3 cm³/mol. The Hall–Kier alpha value is -1.29. The minimum absolute atomic E-state index is 0.0782. The zero-order valence-corrected chi connectivity index (χ0v) is 9.61. The van der Waals surface area contributed by atoms with Crippen molar-refractivity contribution in [3.63, 3.8) is 0 Å². The lowest BCUT2D eigenvalue weighted by Crippen LogP contribution is -2.43. The summed E-state index contributed by atoms with van der Waals surface area (Å²) in [6.45, 7) is 4.26. The monoisotopic (exact) mass is 222 g/mol. The number of nitrogens with zero attached hydrogens (tertiary/aromatic N) is 1. The highest BCUT2D eigenvalue weighted by molar-refractivity contribution is 5.92. The van der Waals surface area contributed by atoms with Gasteiger partial charge in [0.2, 0.25) is 0 Å². The maximum Gasteiger partial charge on any atom is 0.270 e. The van der Waals surface area contributed by atoms with Crippen molar-refractivity contribution in [3.05, 3.63) is 24.0 Å². The Kier molecular flexibility index (Phi) is 3.62. The van der Waals surface area contributed by atoms with Gasteiger partial charge in [-0.3, -0.25) is 4.79 Å². The van der Waals surface area contributed by atoms with Crippen LogP contribution in [0.2, 0.25) is 0 Å². The van der Waals surface area contributed by atoms with Crippen molar-refractivity contribution in [3.8, 4) is 0 Å². The van der Waals surface area contributed by atoms with Gasteiger partial charge >= 0.3 is 0 Å². The molecule has 2 rings (SSSR count).